The van der Waals surface area contributed by atoms with E-state index in [1.807, 2.05) is 0 Å². The summed E-state index contributed by atoms with van der Waals surface area (Å²) < 4.78 is 11.1. The minimum absolute atomic E-state index is 0.0366. The van der Waals surface area contributed by atoms with Gasteiger partial charge in [0, 0.05) is 25.0 Å². The molecule has 0 aliphatic heterocycles. The average Bonchev–Trinajstić information content (AvgIpc) is 2.44. The van der Waals surface area contributed by atoms with Gasteiger partial charge in [-0.25, -0.2) is 0 Å². The molecule has 0 saturated carbocycles. The van der Waals surface area contributed by atoms with Gasteiger partial charge in [-0.05, 0) is 78.4 Å². The van der Waals surface area contributed by atoms with E-state index >= 15 is 0 Å². The Bertz CT molecular complexity index is 444. The van der Waals surface area contributed by atoms with Crippen LogP contribution in [0, 0.1) is 11.8 Å². The maximum absolute atomic E-state index is 8.73. The van der Waals surface area contributed by atoms with Crippen molar-refractivity contribution in [1.82, 2.24) is 0 Å². The Morgan fingerprint density at radius 1 is 0.821 bits per heavy atom. The van der Waals surface area contributed by atoms with E-state index in [-0.39, 0.29) is 17.0 Å². The second-order valence-electron chi connectivity index (χ2n) is 9.88. The zero-order chi connectivity index (χ0) is 22.4. The number of anilines is 1. The van der Waals surface area contributed by atoms with Crippen LogP contribution in [0.1, 0.15) is 82.1 Å². The van der Waals surface area contributed by atoms with Gasteiger partial charge in [-0.1, -0.05) is 33.8 Å². The number of hydrogen-bond donors (Lipinski definition) is 2. The molecule has 0 radical (unpaired) electrons. The molecule has 0 amide bonds. The van der Waals surface area contributed by atoms with E-state index in [2.05, 4.69) is 69.2 Å². The molecule has 28 heavy (non-hydrogen) atoms. The summed E-state index contributed by atoms with van der Waals surface area (Å²) in [7, 11) is 0. The van der Waals surface area contributed by atoms with Gasteiger partial charge >= 0.3 is 0 Å². The minimum Gasteiger partial charge on any atom is -0.508 e. The third kappa shape index (κ3) is 27.0. The van der Waals surface area contributed by atoms with E-state index in [4.69, 9.17) is 20.3 Å². The summed E-state index contributed by atoms with van der Waals surface area (Å²) in [5.41, 5.74) is 5.96. The van der Waals surface area contributed by atoms with Gasteiger partial charge < -0.3 is 20.3 Å². The van der Waals surface area contributed by atoms with Crippen molar-refractivity contribution >= 4 is 5.69 Å². The van der Waals surface area contributed by atoms with E-state index in [0.717, 1.165) is 37.9 Å². The van der Waals surface area contributed by atoms with Gasteiger partial charge in [0.2, 0.25) is 0 Å². The fraction of sp³-hybridized carbons (Fsp3) is 0.750. The van der Waals surface area contributed by atoms with E-state index in [1.54, 1.807) is 18.2 Å². The Hall–Kier alpha value is -1.26. The van der Waals surface area contributed by atoms with Crippen LogP contribution in [-0.4, -0.2) is 29.5 Å². The van der Waals surface area contributed by atoms with Gasteiger partial charge in [0.05, 0.1) is 11.2 Å². The number of phenolic OH excluding ortho intramolecular Hbond substituents is 1. The summed E-state index contributed by atoms with van der Waals surface area (Å²) in [6.07, 6.45) is 2.33. The number of benzene rings is 1. The lowest BCUT2D eigenvalue weighted by Gasteiger charge is -2.19. The predicted octanol–water partition coefficient (Wildman–Crippen LogP) is 6.67. The number of aromatic hydroxyl groups is 1. The minimum atomic E-state index is 0.0366. The van der Waals surface area contributed by atoms with Crippen LogP contribution in [0.5, 0.6) is 5.75 Å². The maximum atomic E-state index is 8.73. The highest BCUT2D eigenvalue weighted by Crippen LogP contribution is 2.11. The quantitative estimate of drug-likeness (QED) is 0.526. The number of ether oxygens (including phenoxy) is 2. The normalized spacial score (nSPS) is 11.6. The molecule has 0 aliphatic rings. The molecular formula is C24H47NO3. The molecule has 0 aliphatic carbocycles. The van der Waals surface area contributed by atoms with Gasteiger partial charge in [0.25, 0.3) is 0 Å². The fourth-order valence-electron chi connectivity index (χ4n) is 1.73. The van der Waals surface area contributed by atoms with Crippen molar-refractivity contribution in [3.05, 3.63) is 24.3 Å². The summed E-state index contributed by atoms with van der Waals surface area (Å²) in [6.45, 7) is 23.2. The highest BCUT2D eigenvalue weighted by Gasteiger charge is 2.09. The molecule has 0 spiro atoms. The number of hydrogen-bond acceptors (Lipinski definition) is 4. The molecule has 0 atom stereocenters. The molecular weight excluding hydrogens is 350 g/mol. The highest BCUT2D eigenvalue weighted by atomic mass is 16.5. The Balaban J connectivity index is 0. The summed E-state index contributed by atoms with van der Waals surface area (Å²) in [6, 6.07) is 6.50. The lowest BCUT2D eigenvalue weighted by atomic mass is 10.1. The number of rotatable bonds is 6. The van der Waals surface area contributed by atoms with Crippen LogP contribution in [-0.2, 0) is 9.47 Å². The molecule has 0 unspecified atom stereocenters. The molecule has 1 aromatic rings. The number of nitrogen functional groups attached to an aromatic ring is 1. The zero-order valence-electron chi connectivity index (χ0n) is 20.1. The van der Waals surface area contributed by atoms with Crippen LogP contribution < -0.4 is 5.73 Å². The van der Waals surface area contributed by atoms with Gasteiger partial charge in [0.1, 0.15) is 5.75 Å². The van der Waals surface area contributed by atoms with Crippen molar-refractivity contribution in [2.75, 3.05) is 18.9 Å². The van der Waals surface area contributed by atoms with Crippen LogP contribution in [0.4, 0.5) is 5.69 Å². The molecule has 0 fully saturated rings. The van der Waals surface area contributed by atoms with Crippen LogP contribution in [0.15, 0.2) is 24.3 Å². The van der Waals surface area contributed by atoms with E-state index < -0.39 is 0 Å². The molecule has 0 bridgehead atoms. The molecule has 3 N–H and O–H groups in total. The van der Waals surface area contributed by atoms with Gasteiger partial charge in [-0.2, -0.15) is 0 Å². The first-order valence-electron chi connectivity index (χ1n) is 10.4. The zero-order valence-corrected chi connectivity index (χ0v) is 20.1. The fourth-order valence-corrected chi connectivity index (χ4v) is 1.73. The molecule has 4 heteroatoms. The van der Waals surface area contributed by atoms with Gasteiger partial charge in [-0.3, -0.25) is 0 Å². The summed E-state index contributed by atoms with van der Waals surface area (Å²) >= 11 is 0. The smallest absolute Gasteiger partial charge is 0.117 e. The van der Waals surface area contributed by atoms with Crippen LogP contribution >= 0.6 is 0 Å². The van der Waals surface area contributed by atoms with Crippen LogP contribution in [0.3, 0.4) is 0 Å². The number of nitrogens with two attached hydrogens (primary N) is 1. The second-order valence-corrected chi connectivity index (χ2v) is 9.88. The predicted molar refractivity (Wildman–Crippen MR) is 123 cm³/mol. The monoisotopic (exact) mass is 397 g/mol. The van der Waals surface area contributed by atoms with Crippen molar-refractivity contribution < 1.29 is 14.6 Å². The van der Waals surface area contributed by atoms with Crippen molar-refractivity contribution in [2.24, 2.45) is 11.8 Å². The lowest BCUT2D eigenvalue weighted by Crippen LogP contribution is -2.20. The standard InChI is InChI=1S/2C9H20O.C6H7NO/c2*1-8(2)6-7-10-9(3,4)5;7-5-2-1-3-6(8)4-5/h2*8H,6-7H2,1-5H3;1-4,8H,7H2. The second kappa shape index (κ2) is 14.7. The van der Waals surface area contributed by atoms with Crippen molar-refractivity contribution in [3.8, 4) is 5.75 Å². The molecule has 4 nitrogen and oxygen atoms in total. The van der Waals surface area contributed by atoms with Crippen molar-refractivity contribution in [3.63, 3.8) is 0 Å². The van der Waals surface area contributed by atoms with E-state index in [9.17, 15) is 0 Å². The Morgan fingerprint density at radius 3 is 1.43 bits per heavy atom. The Labute approximate surface area is 174 Å². The third-order valence-electron chi connectivity index (χ3n) is 3.33. The molecule has 0 aromatic heterocycles. The topological polar surface area (TPSA) is 64.7 Å². The molecule has 0 heterocycles. The molecule has 1 aromatic carbocycles. The highest BCUT2D eigenvalue weighted by molar-refractivity contribution is 5.42. The average molecular weight is 398 g/mol. The Morgan fingerprint density at radius 2 is 1.21 bits per heavy atom. The molecule has 0 saturated heterocycles. The van der Waals surface area contributed by atoms with Crippen molar-refractivity contribution in [2.45, 2.75) is 93.3 Å². The van der Waals surface area contributed by atoms with E-state index in [1.165, 1.54) is 6.07 Å². The number of phenols is 1. The summed E-state index contributed by atoms with van der Waals surface area (Å²) in [4.78, 5) is 0. The van der Waals surface area contributed by atoms with Gasteiger partial charge in [0.15, 0.2) is 0 Å². The first-order valence-corrected chi connectivity index (χ1v) is 10.4. The SMILES string of the molecule is CC(C)CCOC(C)(C)C.CC(C)CCOC(C)(C)C.Nc1cccc(O)c1. The van der Waals surface area contributed by atoms with Gasteiger partial charge in [-0.15, -0.1) is 0 Å². The lowest BCUT2D eigenvalue weighted by molar-refractivity contribution is -0.00815. The third-order valence-corrected chi connectivity index (χ3v) is 3.33. The summed E-state index contributed by atoms with van der Waals surface area (Å²) in [5, 5.41) is 8.73. The van der Waals surface area contributed by atoms with Crippen LogP contribution in [0.2, 0.25) is 0 Å². The largest absolute Gasteiger partial charge is 0.508 e. The molecule has 1 rings (SSSR count). The first-order chi connectivity index (χ1) is 12.6. The molecule has 166 valence electrons. The first kappa shape index (κ1) is 28.9. The van der Waals surface area contributed by atoms with E-state index in [0.29, 0.717) is 5.69 Å². The van der Waals surface area contributed by atoms with Crippen molar-refractivity contribution in [1.29, 1.82) is 0 Å². The summed E-state index contributed by atoms with van der Waals surface area (Å²) in [5.74, 6) is 1.72. The van der Waals surface area contributed by atoms with Crippen LogP contribution in [0.25, 0.3) is 0 Å². The Kier molecular flexibility index (Phi) is 15.2. The maximum Gasteiger partial charge on any atom is 0.117 e.